The van der Waals surface area contributed by atoms with Crippen molar-refractivity contribution in [2.24, 2.45) is 0 Å². The molecule has 0 aliphatic heterocycles. The first-order valence-electron chi connectivity index (χ1n) is 11.4. The summed E-state index contributed by atoms with van der Waals surface area (Å²) in [6.07, 6.45) is 2.04. The molecule has 0 spiro atoms. The van der Waals surface area contributed by atoms with Crippen molar-refractivity contribution < 1.29 is 22.4 Å². The lowest BCUT2D eigenvalue weighted by Gasteiger charge is -2.33. The summed E-state index contributed by atoms with van der Waals surface area (Å²) in [5, 5.41) is 2.92. The van der Waals surface area contributed by atoms with Crippen LogP contribution in [-0.2, 0) is 26.2 Å². The molecule has 0 aliphatic rings. The van der Waals surface area contributed by atoms with E-state index in [-0.39, 0.29) is 24.2 Å². The molecule has 2 unspecified atom stereocenters. The molecule has 2 aromatic rings. The number of sulfonamides is 1. The highest BCUT2D eigenvalue weighted by molar-refractivity contribution is 7.92. The molecule has 2 aromatic carbocycles. The molecular formula is C25H34FN3O4S. The topological polar surface area (TPSA) is 86.8 Å². The van der Waals surface area contributed by atoms with Crippen molar-refractivity contribution in [1.82, 2.24) is 10.2 Å². The van der Waals surface area contributed by atoms with Gasteiger partial charge in [-0.05, 0) is 56.0 Å². The van der Waals surface area contributed by atoms with Crippen LogP contribution in [0.2, 0.25) is 0 Å². The maximum Gasteiger partial charge on any atom is 0.244 e. The van der Waals surface area contributed by atoms with E-state index < -0.39 is 34.3 Å². The SMILES string of the molecule is CCC(C)NC(=O)C(CC)N(Cc1ccccc1C)C(=O)CN(c1cccc(F)c1)S(C)(=O)=O. The number of nitrogens with zero attached hydrogens (tertiary/aromatic N) is 2. The molecule has 2 rings (SSSR count). The molecule has 9 heteroatoms. The average molecular weight is 492 g/mol. The lowest BCUT2D eigenvalue weighted by molar-refractivity contribution is -0.140. The summed E-state index contributed by atoms with van der Waals surface area (Å²) in [5.41, 5.74) is 1.84. The van der Waals surface area contributed by atoms with E-state index in [4.69, 9.17) is 0 Å². The van der Waals surface area contributed by atoms with Gasteiger partial charge in [0, 0.05) is 12.6 Å². The number of carbonyl (C=O) groups excluding carboxylic acids is 2. The van der Waals surface area contributed by atoms with Crippen LogP contribution in [0.4, 0.5) is 10.1 Å². The first kappa shape index (κ1) is 27.3. The van der Waals surface area contributed by atoms with Crippen molar-refractivity contribution in [2.45, 2.75) is 59.2 Å². The fraction of sp³-hybridized carbons (Fsp3) is 0.440. The van der Waals surface area contributed by atoms with Crippen LogP contribution in [0, 0.1) is 12.7 Å². The minimum absolute atomic E-state index is 0.0452. The summed E-state index contributed by atoms with van der Waals surface area (Å²) in [6.45, 7) is 7.13. The predicted molar refractivity (Wildman–Crippen MR) is 132 cm³/mol. The van der Waals surface area contributed by atoms with E-state index in [1.165, 1.54) is 23.1 Å². The highest BCUT2D eigenvalue weighted by atomic mass is 32.2. The maximum atomic E-state index is 13.8. The monoisotopic (exact) mass is 491 g/mol. The second-order valence-corrected chi connectivity index (χ2v) is 10.3. The van der Waals surface area contributed by atoms with Crippen LogP contribution in [0.5, 0.6) is 0 Å². The van der Waals surface area contributed by atoms with Gasteiger partial charge in [0.15, 0.2) is 0 Å². The summed E-state index contributed by atoms with van der Waals surface area (Å²) in [5.74, 6) is -1.46. The number of carbonyl (C=O) groups is 2. The second-order valence-electron chi connectivity index (χ2n) is 8.44. The van der Waals surface area contributed by atoms with E-state index >= 15 is 0 Å². The maximum absolute atomic E-state index is 13.8. The Hall–Kier alpha value is -2.94. The van der Waals surface area contributed by atoms with Crippen LogP contribution < -0.4 is 9.62 Å². The molecule has 0 aliphatic carbocycles. The van der Waals surface area contributed by atoms with Gasteiger partial charge in [-0.1, -0.05) is 44.2 Å². The summed E-state index contributed by atoms with van der Waals surface area (Å²) in [4.78, 5) is 28.1. The zero-order valence-electron chi connectivity index (χ0n) is 20.4. The lowest BCUT2D eigenvalue weighted by Crippen LogP contribution is -2.53. The fourth-order valence-electron chi connectivity index (χ4n) is 3.58. The quantitative estimate of drug-likeness (QED) is 0.520. The molecule has 0 heterocycles. The molecule has 7 nitrogen and oxygen atoms in total. The van der Waals surface area contributed by atoms with Crippen molar-refractivity contribution in [3.63, 3.8) is 0 Å². The first-order valence-corrected chi connectivity index (χ1v) is 13.2. The predicted octanol–water partition coefficient (Wildman–Crippen LogP) is 3.62. The molecule has 0 saturated carbocycles. The number of aryl methyl sites for hydroxylation is 1. The smallest absolute Gasteiger partial charge is 0.244 e. The molecule has 34 heavy (non-hydrogen) atoms. The van der Waals surface area contributed by atoms with E-state index in [2.05, 4.69) is 5.32 Å². The molecule has 1 N–H and O–H groups in total. The van der Waals surface area contributed by atoms with Gasteiger partial charge in [-0.3, -0.25) is 13.9 Å². The molecule has 0 fully saturated rings. The normalized spacial score (nSPS) is 13.1. The standard InChI is InChI=1S/C25H34FN3O4S/c1-6-19(4)27-25(31)23(7-2)28(16-20-12-9-8-11-18(20)3)24(30)17-29(34(5,32)33)22-14-10-13-21(26)15-22/h8-15,19,23H,6-7,16-17H2,1-5H3,(H,27,31). The Balaban J connectivity index is 2.45. The Labute approximate surface area is 202 Å². The second kappa shape index (κ2) is 12.0. The number of rotatable bonds is 11. The zero-order chi connectivity index (χ0) is 25.5. The van der Waals surface area contributed by atoms with Crippen LogP contribution in [0.3, 0.4) is 0 Å². The van der Waals surface area contributed by atoms with Crippen molar-refractivity contribution >= 4 is 27.5 Å². The molecule has 0 radical (unpaired) electrons. The van der Waals surface area contributed by atoms with Crippen molar-refractivity contribution in [3.05, 3.63) is 65.5 Å². The summed E-state index contributed by atoms with van der Waals surface area (Å²) in [7, 11) is -3.90. The van der Waals surface area contributed by atoms with E-state index in [0.29, 0.717) is 6.42 Å². The van der Waals surface area contributed by atoms with E-state index in [1.807, 2.05) is 45.0 Å². The lowest BCUT2D eigenvalue weighted by atomic mass is 10.1. The third-order valence-corrected chi connectivity index (χ3v) is 6.90. The molecule has 2 atom stereocenters. The van der Waals surface area contributed by atoms with Gasteiger partial charge in [0.2, 0.25) is 21.8 Å². The Morgan fingerprint density at radius 3 is 2.29 bits per heavy atom. The van der Waals surface area contributed by atoms with Crippen LogP contribution in [0.1, 0.15) is 44.7 Å². The van der Waals surface area contributed by atoms with Gasteiger partial charge in [-0.25, -0.2) is 12.8 Å². The molecule has 0 bridgehead atoms. The van der Waals surface area contributed by atoms with Crippen molar-refractivity contribution in [2.75, 3.05) is 17.1 Å². The molecule has 0 saturated heterocycles. The highest BCUT2D eigenvalue weighted by Crippen LogP contribution is 2.21. The van der Waals surface area contributed by atoms with E-state index in [1.54, 1.807) is 6.92 Å². The molecular weight excluding hydrogens is 457 g/mol. The summed E-state index contributed by atoms with van der Waals surface area (Å²) in [6, 6.07) is 11.7. The van der Waals surface area contributed by atoms with Gasteiger partial charge in [0.05, 0.1) is 11.9 Å². The van der Waals surface area contributed by atoms with E-state index in [9.17, 15) is 22.4 Å². The number of hydrogen-bond donors (Lipinski definition) is 1. The average Bonchev–Trinajstić information content (AvgIpc) is 2.77. The Kier molecular flexibility index (Phi) is 9.61. The van der Waals surface area contributed by atoms with Gasteiger partial charge in [0.1, 0.15) is 18.4 Å². The molecule has 2 amide bonds. The summed E-state index contributed by atoms with van der Waals surface area (Å²) >= 11 is 0. The fourth-order valence-corrected chi connectivity index (χ4v) is 4.42. The van der Waals surface area contributed by atoms with E-state index in [0.717, 1.165) is 34.2 Å². The number of amides is 2. The summed E-state index contributed by atoms with van der Waals surface area (Å²) < 4.78 is 39.7. The van der Waals surface area contributed by atoms with Crippen LogP contribution in [-0.4, -0.2) is 50.0 Å². The number of anilines is 1. The van der Waals surface area contributed by atoms with Gasteiger partial charge in [-0.15, -0.1) is 0 Å². The minimum atomic E-state index is -3.90. The third kappa shape index (κ3) is 7.28. The van der Waals surface area contributed by atoms with Crippen molar-refractivity contribution in [1.29, 1.82) is 0 Å². The number of nitrogens with one attached hydrogen (secondary N) is 1. The number of benzene rings is 2. The Bertz CT molecular complexity index is 1110. The van der Waals surface area contributed by atoms with Crippen LogP contribution >= 0.6 is 0 Å². The van der Waals surface area contributed by atoms with Gasteiger partial charge < -0.3 is 10.2 Å². The zero-order valence-corrected chi connectivity index (χ0v) is 21.2. The Morgan fingerprint density at radius 1 is 1.06 bits per heavy atom. The number of hydrogen-bond acceptors (Lipinski definition) is 4. The third-order valence-electron chi connectivity index (χ3n) is 5.76. The Morgan fingerprint density at radius 2 is 1.74 bits per heavy atom. The molecule has 186 valence electrons. The van der Waals surface area contributed by atoms with Crippen LogP contribution in [0.25, 0.3) is 0 Å². The van der Waals surface area contributed by atoms with Gasteiger partial charge >= 0.3 is 0 Å². The van der Waals surface area contributed by atoms with Gasteiger partial charge in [-0.2, -0.15) is 0 Å². The first-order chi connectivity index (χ1) is 16.0. The highest BCUT2D eigenvalue weighted by Gasteiger charge is 2.32. The number of halogens is 1. The van der Waals surface area contributed by atoms with Crippen LogP contribution in [0.15, 0.2) is 48.5 Å². The molecule has 0 aromatic heterocycles. The minimum Gasteiger partial charge on any atom is -0.352 e. The largest absolute Gasteiger partial charge is 0.352 e. The van der Waals surface area contributed by atoms with Gasteiger partial charge in [0.25, 0.3) is 0 Å². The van der Waals surface area contributed by atoms with Crippen molar-refractivity contribution in [3.8, 4) is 0 Å².